The molecule has 0 radical (unpaired) electrons. The van der Waals surface area contributed by atoms with Crippen LogP contribution in [-0.2, 0) is 11.3 Å². The van der Waals surface area contributed by atoms with Gasteiger partial charge in [-0.3, -0.25) is 14.9 Å². The lowest BCUT2D eigenvalue weighted by Crippen LogP contribution is -2.23. The van der Waals surface area contributed by atoms with Crippen molar-refractivity contribution in [2.75, 3.05) is 0 Å². The minimum Gasteiger partial charge on any atom is -0.347 e. The van der Waals surface area contributed by atoms with E-state index in [1.807, 2.05) is 48.1 Å². The number of benzene rings is 1. The van der Waals surface area contributed by atoms with Gasteiger partial charge in [0.2, 0.25) is 0 Å². The Morgan fingerprint density at radius 2 is 2.03 bits per heavy atom. The van der Waals surface area contributed by atoms with Crippen molar-refractivity contribution in [2.24, 2.45) is 0 Å². The number of carbonyl (C=O) groups is 1. The van der Waals surface area contributed by atoms with E-state index in [2.05, 4.69) is 5.32 Å². The zero-order chi connectivity index (χ0) is 21.0. The Hall–Kier alpha value is -3.70. The number of nitriles is 1. The highest BCUT2D eigenvalue weighted by Crippen LogP contribution is 2.24. The average molecular weight is 406 g/mol. The summed E-state index contributed by atoms with van der Waals surface area (Å²) in [6, 6.07) is 13.9. The Bertz CT molecular complexity index is 1120. The number of thiophene rings is 1. The molecule has 0 aliphatic heterocycles. The third kappa shape index (κ3) is 4.42. The lowest BCUT2D eigenvalue weighted by Gasteiger charge is -2.09. The molecule has 0 unspecified atom stereocenters. The standard InChI is InChI=1S/C21H18N4O3S/c1-14-10-16(11-17(12-22)21(26)23-13-20-4-3-9-29-20)15(2)24(14)18-5-7-19(8-6-18)25(27)28/h3-11H,13H2,1-2H3,(H,23,26)/b17-11-. The number of aromatic nitrogens is 1. The Labute approximate surface area is 171 Å². The maximum atomic E-state index is 12.4. The number of nitro groups is 1. The van der Waals surface area contributed by atoms with Crippen molar-refractivity contribution in [1.29, 1.82) is 5.26 Å². The minimum absolute atomic E-state index is 0.0190. The van der Waals surface area contributed by atoms with Gasteiger partial charge in [0.05, 0.1) is 11.5 Å². The molecule has 2 aromatic heterocycles. The molecule has 3 rings (SSSR count). The van der Waals surface area contributed by atoms with E-state index in [4.69, 9.17) is 0 Å². The summed E-state index contributed by atoms with van der Waals surface area (Å²) in [6.07, 6.45) is 1.56. The predicted octanol–water partition coefficient (Wildman–Crippen LogP) is 4.29. The number of nitro benzene ring substituents is 1. The number of nitrogens with one attached hydrogen (secondary N) is 1. The largest absolute Gasteiger partial charge is 0.347 e. The summed E-state index contributed by atoms with van der Waals surface area (Å²) in [6.45, 7) is 4.14. The van der Waals surface area contributed by atoms with E-state index >= 15 is 0 Å². The average Bonchev–Trinajstić information content (AvgIpc) is 3.32. The molecule has 1 amide bonds. The first-order valence-electron chi connectivity index (χ1n) is 8.77. The first-order chi connectivity index (χ1) is 13.9. The summed E-state index contributed by atoms with van der Waals surface area (Å²) in [5.74, 6) is -0.430. The molecule has 29 heavy (non-hydrogen) atoms. The third-order valence-corrected chi connectivity index (χ3v) is 5.33. The van der Waals surface area contributed by atoms with Gasteiger partial charge in [-0.05, 0) is 55.1 Å². The van der Waals surface area contributed by atoms with Gasteiger partial charge in [0, 0.05) is 34.1 Å². The van der Waals surface area contributed by atoms with Crippen LogP contribution in [0.2, 0.25) is 0 Å². The zero-order valence-corrected chi connectivity index (χ0v) is 16.7. The second-order valence-electron chi connectivity index (χ2n) is 6.37. The van der Waals surface area contributed by atoms with Gasteiger partial charge in [-0.2, -0.15) is 5.26 Å². The molecule has 0 aliphatic rings. The van der Waals surface area contributed by atoms with Gasteiger partial charge in [-0.15, -0.1) is 11.3 Å². The molecule has 7 nitrogen and oxygen atoms in total. The Morgan fingerprint density at radius 3 is 2.62 bits per heavy atom. The van der Waals surface area contributed by atoms with E-state index in [-0.39, 0.29) is 11.3 Å². The number of hydrogen-bond donors (Lipinski definition) is 1. The fourth-order valence-electron chi connectivity index (χ4n) is 3.03. The van der Waals surface area contributed by atoms with Crippen LogP contribution in [0.15, 0.2) is 53.4 Å². The number of aryl methyl sites for hydroxylation is 1. The fraction of sp³-hybridized carbons (Fsp3) is 0.143. The number of rotatable bonds is 6. The van der Waals surface area contributed by atoms with Gasteiger partial charge in [-0.1, -0.05) is 6.07 Å². The normalized spacial score (nSPS) is 11.1. The smallest absolute Gasteiger partial charge is 0.269 e. The number of nitrogens with zero attached hydrogens (tertiary/aromatic N) is 3. The lowest BCUT2D eigenvalue weighted by molar-refractivity contribution is -0.384. The number of non-ortho nitro benzene ring substituents is 1. The maximum Gasteiger partial charge on any atom is 0.269 e. The highest BCUT2D eigenvalue weighted by molar-refractivity contribution is 7.09. The van der Waals surface area contributed by atoms with Gasteiger partial charge in [0.15, 0.2) is 0 Å². The lowest BCUT2D eigenvalue weighted by atomic mass is 10.1. The van der Waals surface area contributed by atoms with Crippen molar-refractivity contribution in [3.05, 3.63) is 85.4 Å². The second-order valence-corrected chi connectivity index (χ2v) is 7.40. The molecule has 0 saturated carbocycles. The van der Waals surface area contributed by atoms with Gasteiger partial charge in [0.25, 0.3) is 11.6 Å². The first kappa shape index (κ1) is 20.0. The topological polar surface area (TPSA) is 101 Å². The van der Waals surface area contributed by atoms with Crippen LogP contribution in [0, 0.1) is 35.3 Å². The van der Waals surface area contributed by atoms with Gasteiger partial charge < -0.3 is 9.88 Å². The monoisotopic (exact) mass is 406 g/mol. The maximum absolute atomic E-state index is 12.4. The van der Waals surface area contributed by atoms with Crippen LogP contribution in [0.4, 0.5) is 5.69 Å². The van der Waals surface area contributed by atoms with Gasteiger partial charge in [0.1, 0.15) is 11.6 Å². The fourth-order valence-corrected chi connectivity index (χ4v) is 3.68. The van der Waals surface area contributed by atoms with E-state index in [1.54, 1.807) is 18.2 Å². The van der Waals surface area contributed by atoms with Gasteiger partial charge >= 0.3 is 0 Å². The molecule has 0 bridgehead atoms. The molecule has 1 N–H and O–H groups in total. The second kappa shape index (κ2) is 8.54. The van der Waals surface area contributed by atoms with Crippen molar-refractivity contribution in [1.82, 2.24) is 9.88 Å². The third-order valence-electron chi connectivity index (χ3n) is 4.46. The van der Waals surface area contributed by atoms with E-state index in [0.717, 1.165) is 27.5 Å². The molecule has 0 aliphatic carbocycles. The highest BCUT2D eigenvalue weighted by atomic mass is 32.1. The molecular formula is C21H18N4O3S. The van der Waals surface area contributed by atoms with Crippen molar-refractivity contribution >= 4 is 29.0 Å². The van der Waals surface area contributed by atoms with E-state index in [9.17, 15) is 20.2 Å². The highest BCUT2D eigenvalue weighted by Gasteiger charge is 2.14. The van der Waals surface area contributed by atoms with Crippen molar-refractivity contribution in [2.45, 2.75) is 20.4 Å². The number of carbonyl (C=O) groups excluding carboxylic acids is 1. The van der Waals surface area contributed by atoms with Crippen LogP contribution >= 0.6 is 11.3 Å². The summed E-state index contributed by atoms with van der Waals surface area (Å²) in [4.78, 5) is 23.8. The molecule has 0 fully saturated rings. The van der Waals surface area contributed by atoms with E-state index in [1.165, 1.54) is 23.5 Å². The van der Waals surface area contributed by atoms with E-state index in [0.29, 0.717) is 6.54 Å². The van der Waals surface area contributed by atoms with Crippen LogP contribution in [-0.4, -0.2) is 15.4 Å². The molecule has 0 saturated heterocycles. The summed E-state index contributed by atoms with van der Waals surface area (Å²) in [5.41, 5.74) is 3.26. The number of amides is 1. The molecule has 3 aromatic rings. The summed E-state index contributed by atoms with van der Waals surface area (Å²) in [5, 5.41) is 25.0. The summed E-state index contributed by atoms with van der Waals surface area (Å²) >= 11 is 1.53. The first-order valence-corrected chi connectivity index (χ1v) is 9.65. The molecule has 0 atom stereocenters. The Kier molecular flexibility index (Phi) is 5.90. The van der Waals surface area contributed by atoms with Crippen LogP contribution in [0.1, 0.15) is 21.8 Å². The molecule has 1 aromatic carbocycles. The van der Waals surface area contributed by atoms with Crippen LogP contribution in [0.5, 0.6) is 0 Å². The molecule has 2 heterocycles. The Morgan fingerprint density at radius 1 is 1.31 bits per heavy atom. The van der Waals surface area contributed by atoms with Crippen molar-refractivity contribution in [3.8, 4) is 11.8 Å². The van der Waals surface area contributed by atoms with Gasteiger partial charge in [-0.25, -0.2) is 0 Å². The SMILES string of the molecule is Cc1cc(/C=C(/C#N)C(=O)NCc2cccs2)c(C)n1-c1ccc([N+](=O)[O-])cc1. The van der Waals surface area contributed by atoms with Crippen LogP contribution in [0.25, 0.3) is 11.8 Å². The van der Waals surface area contributed by atoms with Crippen molar-refractivity contribution in [3.63, 3.8) is 0 Å². The van der Waals surface area contributed by atoms with Crippen LogP contribution in [0.3, 0.4) is 0 Å². The summed E-state index contributed by atoms with van der Waals surface area (Å²) < 4.78 is 1.92. The van der Waals surface area contributed by atoms with Crippen molar-refractivity contribution < 1.29 is 9.72 Å². The quantitative estimate of drug-likeness (QED) is 0.286. The molecule has 146 valence electrons. The zero-order valence-electron chi connectivity index (χ0n) is 15.9. The molecule has 0 spiro atoms. The summed E-state index contributed by atoms with van der Waals surface area (Å²) in [7, 11) is 0. The molecular weight excluding hydrogens is 388 g/mol. The predicted molar refractivity (Wildman–Crippen MR) is 112 cm³/mol. The van der Waals surface area contributed by atoms with E-state index < -0.39 is 10.8 Å². The Balaban J connectivity index is 1.86. The van der Waals surface area contributed by atoms with Crippen LogP contribution < -0.4 is 5.32 Å². The minimum atomic E-state index is -0.443. The number of hydrogen-bond acceptors (Lipinski definition) is 5. The molecule has 8 heteroatoms.